The molecule has 2 unspecified atom stereocenters. The Bertz CT molecular complexity index is 567. The Morgan fingerprint density at radius 1 is 1.53 bits per heavy atom. The van der Waals surface area contributed by atoms with Crippen LogP contribution in [-0.2, 0) is 9.05 Å². The second kappa shape index (κ2) is 5.54. The molecule has 1 saturated carbocycles. The van der Waals surface area contributed by atoms with Crippen molar-refractivity contribution in [2.24, 2.45) is 11.8 Å². The monoisotopic (exact) mass is 304 g/mol. The Morgan fingerprint density at radius 2 is 2.26 bits per heavy atom. The van der Waals surface area contributed by atoms with E-state index in [0.29, 0.717) is 18.4 Å². The molecule has 1 amide bonds. The zero-order valence-electron chi connectivity index (χ0n) is 10.6. The first kappa shape index (κ1) is 14.4. The first-order valence-electron chi connectivity index (χ1n) is 6.29. The molecule has 7 heteroatoms. The van der Waals surface area contributed by atoms with Crippen molar-refractivity contribution in [2.75, 3.05) is 6.54 Å². The van der Waals surface area contributed by atoms with Crippen molar-refractivity contribution in [2.45, 2.75) is 31.1 Å². The summed E-state index contributed by atoms with van der Waals surface area (Å²) in [5.41, 5.74) is 0.213. The number of carbonyl (C=O) groups is 1. The Morgan fingerprint density at radius 3 is 2.79 bits per heavy atom. The number of carbonyl (C=O) groups excluding carboxylic acids is 1. The number of hydrogen-bond acceptors (Lipinski definition) is 3. The molecule has 1 fully saturated rings. The third-order valence-corrected chi connectivity index (χ3v) is 5.08. The molecule has 2 atom stereocenters. The summed E-state index contributed by atoms with van der Waals surface area (Å²) in [6, 6.07) is 1.25. The highest BCUT2D eigenvalue weighted by Gasteiger charge is 2.24. The minimum Gasteiger partial charge on any atom is -0.356 e. The van der Waals surface area contributed by atoms with E-state index in [1.54, 1.807) is 0 Å². The van der Waals surface area contributed by atoms with Gasteiger partial charge >= 0.3 is 0 Å². The first-order valence-corrected chi connectivity index (χ1v) is 8.60. The van der Waals surface area contributed by atoms with E-state index in [1.807, 2.05) is 0 Å². The summed E-state index contributed by atoms with van der Waals surface area (Å²) in [6.45, 7) is 2.82. The Hall–Kier alpha value is -1.01. The van der Waals surface area contributed by atoms with Crippen LogP contribution >= 0.6 is 10.7 Å². The summed E-state index contributed by atoms with van der Waals surface area (Å²) in [4.78, 5) is 14.4. The van der Waals surface area contributed by atoms with E-state index in [9.17, 15) is 13.2 Å². The number of nitrogens with one attached hydrogen (secondary N) is 2. The maximum absolute atomic E-state index is 11.9. The number of amides is 1. The molecule has 106 valence electrons. The maximum atomic E-state index is 11.9. The van der Waals surface area contributed by atoms with Crippen molar-refractivity contribution in [3.8, 4) is 0 Å². The molecule has 1 heterocycles. The summed E-state index contributed by atoms with van der Waals surface area (Å²) in [6.07, 6.45) is 4.76. The fourth-order valence-corrected chi connectivity index (χ4v) is 3.22. The maximum Gasteiger partial charge on any atom is 0.267 e. The lowest BCUT2D eigenvalue weighted by molar-refractivity contribution is 0.0940. The summed E-state index contributed by atoms with van der Waals surface area (Å²) in [5, 5.41) is 2.83. The van der Waals surface area contributed by atoms with E-state index in [4.69, 9.17) is 10.7 Å². The van der Waals surface area contributed by atoms with Gasteiger partial charge < -0.3 is 10.3 Å². The van der Waals surface area contributed by atoms with E-state index in [-0.39, 0.29) is 16.5 Å². The summed E-state index contributed by atoms with van der Waals surface area (Å²) < 4.78 is 22.2. The highest BCUT2D eigenvalue weighted by molar-refractivity contribution is 8.13. The lowest BCUT2D eigenvalue weighted by Gasteiger charge is -2.15. The van der Waals surface area contributed by atoms with Crippen LogP contribution in [0.25, 0.3) is 0 Å². The minimum absolute atomic E-state index is 0.0893. The lowest BCUT2D eigenvalue weighted by Crippen LogP contribution is -2.30. The van der Waals surface area contributed by atoms with Crippen molar-refractivity contribution in [3.63, 3.8) is 0 Å². The van der Waals surface area contributed by atoms with Crippen molar-refractivity contribution >= 4 is 25.6 Å². The third kappa shape index (κ3) is 3.51. The molecule has 1 aromatic rings. The standard InChI is InChI=1S/C12H17ClN2O3S/c1-8-3-2-4-9(8)6-15-12(16)11-5-10(7-14-11)19(13,17)18/h5,7-9,14H,2-4,6H2,1H3,(H,15,16). The Kier molecular flexibility index (Phi) is 4.20. The van der Waals surface area contributed by atoms with Gasteiger partial charge in [0.2, 0.25) is 0 Å². The number of aromatic amines is 1. The molecule has 1 aliphatic carbocycles. The van der Waals surface area contributed by atoms with Gasteiger partial charge in [-0.3, -0.25) is 4.79 Å². The van der Waals surface area contributed by atoms with E-state index < -0.39 is 9.05 Å². The van der Waals surface area contributed by atoms with Crippen molar-refractivity contribution in [3.05, 3.63) is 18.0 Å². The molecule has 0 saturated heterocycles. The summed E-state index contributed by atoms with van der Waals surface area (Å²) in [7, 11) is 1.40. The second-order valence-corrected chi connectivity index (χ2v) is 7.63. The molecule has 0 aromatic carbocycles. The Labute approximate surface area is 117 Å². The molecule has 19 heavy (non-hydrogen) atoms. The quantitative estimate of drug-likeness (QED) is 0.836. The molecule has 0 bridgehead atoms. The number of aromatic nitrogens is 1. The zero-order chi connectivity index (χ0) is 14.0. The Balaban J connectivity index is 1.95. The van der Waals surface area contributed by atoms with Crippen LogP contribution in [0.1, 0.15) is 36.7 Å². The van der Waals surface area contributed by atoms with Crippen LogP contribution in [0.2, 0.25) is 0 Å². The van der Waals surface area contributed by atoms with E-state index in [0.717, 1.165) is 6.42 Å². The van der Waals surface area contributed by atoms with Gasteiger partial charge in [0.1, 0.15) is 10.6 Å². The van der Waals surface area contributed by atoms with Crippen LogP contribution in [0.3, 0.4) is 0 Å². The van der Waals surface area contributed by atoms with Gasteiger partial charge in [-0.2, -0.15) is 0 Å². The zero-order valence-corrected chi connectivity index (χ0v) is 12.2. The molecule has 1 aliphatic rings. The predicted molar refractivity (Wildman–Crippen MR) is 72.7 cm³/mol. The molecule has 0 spiro atoms. The van der Waals surface area contributed by atoms with Crippen molar-refractivity contribution < 1.29 is 13.2 Å². The van der Waals surface area contributed by atoms with Crippen LogP contribution in [0.4, 0.5) is 0 Å². The van der Waals surface area contributed by atoms with Crippen molar-refractivity contribution in [1.29, 1.82) is 0 Å². The first-order chi connectivity index (χ1) is 8.88. The summed E-state index contributed by atoms with van der Waals surface area (Å²) in [5.74, 6) is 0.837. The predicted octanol–water partition coefficient (Wildman–Crippen LogP) is 2.11. The van der Waals surface area contributed by atoms with Gasteiger partial charge in [-0.15, -0.1) is 0 Å². The molecular weight excluding hydrogens is 288 g/mol. The van der Waals surface area contributed by atoms with Gasteiger partial charge in [0.15, 0.2) is 0 Å². The van der Waals surface area contributed by atoms with Gasteiger partial charge in [-0.25, -0.2) is 8.42 Å². The minimum atomic E-state index is -3.79. The molecule has 0 aliphatic heterocycles. The number of halogens is 1. The largest absolute Gasteiger partial charge is 0.356 e. The van der Waals surface area contributed by atoms with Crippen LogP contribution in [0.15, 0.2) is 17.2 Å². The average molecular weight is 305 g/mol. The smallest absolute Gasteiger partial charge is 0.267 e. The van der Waals surface area contributed by atoms with Crippen LogP contribution in [-0.4, -0.2) is 25.9 Å². The van der Waals surface area contributed by atoms with Crippen LogP contribution in [0.5, 0.6) is 0 Å². The van der Waals surface area contributed by atoms with Gasteiger partial charge in [-0.1, -0.05) is 19.8 Å². The fourth-order valence-electron chi connectivity index (χ4n) is 2.49. The van der Waals surface area contributed by atoms with Gasteiger partial charge in [0.05, 0.1) is 0 Å². The van der Waals surface area contributed by atoms with Crippen LogP contribution in [0, 0.1) is 11.8 Å². The molecular formula is C12H17ClN2O3S. The fraction of sp³-hybridized carbons (Fsp3) is 0.583. The molecule has 2 rings (SSSR count). The SMILES string of the molecule is CC1CCCC1CNC(=O)c1cc(S(=O)(=O)Cl)c[nH]1. The highest BCUT2D eigenvalue weighted by Crippen LogP contribution is 2.30. The average Bonchev–Trinajstić information content (AvgIpc) is 2.93. The van der Waals surface area contributed by atoms with Gasteiger partial charge in [0, 0.05) is 23.4 Å². The molecule has 2 N–H and O–H groups in total. The number of hydrogen-bond donors (Lipinski definition) is 2. The van der Waals surface area contributed by atoms with E-state index in [1.165, 1.54) is 25.1 Å². The van der Waals surface area contributed by atoms with Crippen LogP contribution < -0.4 is 5.32 Å². The van der Waals surface area contributed by atoms with Gasteiger partial charge in [-0.05, 0) is 24.3 Å². The molecule has 5 nitrogen and oxygen atoms in total. The van der Waals surface area contributed by atoms with Crippen molar-refractivity contribution in [1.82, 2.24) is 10.3 Å². The topological polar surface area (TPSA) is 79.0 Å². The van der Waals surface area contributed by atoms with Gasteiger partial charge in [0.25, 0.3) is 15.0 Å². The summed E-state index contributed by atoms with van der Waals surface area (Å²) >= 11 is 0. The number of rotatable bonds is 4. The second-order valence-electron chi connectivity index (χ2n) is 5.07. The molecule has 0 radical (unpaired) electrons. The molecule has 1 aromatic heterocycles. The lowest BCUT2D eigenvalue weighted by atomic mass is 9.98. The van der Waals surface area contributed by atoms with E-state index >= 15 is 0 Å². The normalized spacial score (nSPS) is 23.5. The highest BCUT2D eigenvalue weighted by atomic mass is 35.7. The third-order valence-electron chi connectivity index (χ3n) is 3.75. The number of H-pyrrole nitrogens is 1. The van der Waals surface area contributed by atoms with E-state index in [2.05, 4.69) is 17.2 Å².